The smallest absolute Gasteiger partial charge is 0.285 e. The lowest BCUT2D eigenvalue weighted by atomic mass is 9.58. The van der Waals surface area contributed by atoms with E-state index in [1.54, 1.807) is 0 Å². The van der Waals surface area contributed by atoms with Gasteiger partial charge in [0.1, 0.15) is 0 Å². The van der Waals surface area contributed by atoms with Gasteiger partial charge in [-0.1, -0.05) is 121 Å². The van der Waals surface area contributed by atoms with Crippen molar-refractivity contribution in [3.05, 3.63) is 207 Å². The SMILES string of the molecule is C=C(C)B(C)n1c(/C=C/c2c(C)cc(C)cc2C)c(C2=C(C)CC(C)C=C2C)c(C)c1/C(=C1N=C(/C=C/c2c(C)cc(C)cc2C)C(c2c(C)cc(C)cc2C)=C\1C)c1c(C)cc(C)cc1C. The summed E-state index contributed by atoms with van der Waals surface area (Å²) >= 11 is 0. The van der Waals surface area contributed by atoms with Crippen LogP contribution in [0.25, 0.3) is 34.9 Å². The number of nitrogens with zero attached hydrogens (tertiary/aromatic N) is 2. The van der Waals surface area contributed by atoms with Gasteiger partial charge in [-0.25, -0.2) is 4.99 Å². The fourth-order valence-corrected chi connectivity index (χ4v) is 12.0. The largest absolute Gasteiger partial charge is 0.381 e. The molecule has 1 atom stereocenters. The molecule has 67 heavy (non-hydrogen) atoms. The molecule has 7 rings (SSSR count). The molecule has 2 nitrogen and oxygen atoms in total. The van der Waals surface area contributed by atoms with Gasteiger partial charge >= 0.3 is 0 Å². The molecule has 0 fully saturated rings. The molecule has 1 aliphatic carbocycles. The Morgan fingerprint density at radius 1 is 0.597 bits per heavy atom. The zero-order valence-corrected chi connectivity index (χ0v) is 44.5. The van der Waals surface area contributed by atoms with Crippen molar-refractivity contribution in [1.82, 2.24) is 4.48 Å². The van der Waals surface area contributed by atoms with Crippen LogP contribution in [0, 0.1) is 95.9 Å². The number of rotatable bonds is 10. The number of hydrogen-bond donors (Lipinski definition) is 0. The van der Waals surface area contributed by atoms with Crippen molar-refractivity contribution in [2.24, 2.45) is 10.9 Å². The van der Waals surface area contributed by atoms with Gasteiger partial charge in [0.2, 0.25) is 0 Å². The summed E-state index contributed by atoms with van der Waals surface area (Å²) in [5, 5.41) is 0. The molecule has 0 radical (unpaired) electrons. The van der Waals surface area contributed by atoms with Crippen molar-refractivity contribution < 1.29 is 0 Å². The second kappa shape index (κ2) is 19.0. The lowest BCUT2D eigenvalue weighted by molar-refractivity contribution is 0.703. The van der Waals surface area contributed by atoms with Crippen LogP contribution in [0.5, 0.6) is 0 Å². The molecular formula is C64H75BN2. The normalized spacial score (nSPS) is 16.3. The van der Waals surface area contributed by atoms with E-state index < -0.39 is 0 Å². The first-order valence-electron chi connectivity index (χ1n) is 24.5. The highest BCUT2D eigenvalue weighted by atomic mass is 14.9. The van der Waals surface area contributed by atoms with Crippen molar-refractivity contribution in [3.8, 4) is 0 Å². The second-order valence-corrected chi connectivity index (χ2v) is 20.9. The van der Waals surface area contributed by atoms with Crippen LogP contribution >= 0.6 is 0 Å². The summed E-state index contributed by atoms with van der Waals surface area (Å²) in [6.07, 6.45) is 12.9. The lowest BCUT2D eigenvalue weighted by Gasteiger charge is -2.24. The van der Waals surface area contributed by atoms with Gasteiger partial charge in [0.05, 0.1) is 11.4 Å². The molecule has 1 unspecified atom stereocenters. The van der Waals surface area contributed by atoms with Gasteiger partial charge in [0.25, 0.3) is 6.85 Å². The topological polar surface area (TPSA) is 17.3 Å². The third-order valence-electron chi connectivity index (χ3n) is 14.7. The molecule has 0 bridgehead atoms. The van der Waals surface area contributed by atoms with Crippen LogP contribution in [0.2, 0.25) is 6.82 Å². The van der Waals surface area contributed by atoms with E-state index in [0.717, 1.165) is 23.3 Å². The minimum absolute atomic E-state index is 0.0285. The summed E-state index contributed by atoms with van der Waals surface area (Å²) in [5.74, 6) is 0.485. The molecule has 344 valence electrons. The third kappa shape index (κ3) is 9.24. The fourth-order valence-electron chi connectivity index (χ4n) is 12.0. The lowest BCUT2D eigenvalue weighted by Crippen LogP contribution is -2.26. The molecule has 0 amide bonds. The number of allylic oxidation sites excluding steroid dienone is 8. The molecule has 2 aliphatic rings. The quantitative estimate of drug-likeness (QED) is 0.124. The van der Waals surface area contributed by atoms with Crippen molar-refractivity contribution in [2.75, 3.05) is 0 Å². The standard InChI is InChI=1S/C64H75BN2/c1-35(2)65(20)67-56(24-22-54-43(10)27-37(4)28-44(54)11)61(58-47(14)31-39(6)32-48(58)15)52(19)64(67)62(59-49(16)33-40(7)34-50(59)17)63-51(18)60(57-45(12)29-38(5)30-46(57)13)55(66-63)23-21-53-41(8)25-36(3)26-42(53)9/h21-31,33-34,39H,1,32H2,2-20H3/b23-21+,24-22+,63-62-. The van der Waals surface area contributed by atoms with Crippen LogP contribution in [0.4, 0.5) is 0 Å². The average molecular weight is 883 g/mol. The van der Waals surface area contributed by atoms with Crippen LogP contribution < -0.4 is 0 Å². The van der Waals surface area contributed by atoms with Gasteiger partial charge in [0, 0.05) is 28.1 Å². The predicted molar refractivity (Wildman–Crippen MR) is 298 cm³/mol. The first kappa shape index (κ1) is 49.0. The molecular weight excluding hydrogens is 808 g/mol. The Hall–Kier alpha value is -5.93. The molecule has 0 saturated heterocycles. The molecule has 0 saturated carbocycles. The van der Waals surface area contributed by atoms with Crippen LogP contribution in [-0.2, 0) is 0 Å². The highest BCUT2D eigenvalue weighted by Crippen LogP contribution is 2.48. The maximum Gasteiger partial charge on any atom is 0.285 e. The van der Waals surface area contributed by atoms with Gasteiger partial charge in [-0.3, -0.25) is 0 Å². The zero-order chi connectivity index (χ0) is 49.1. The molecule has 1 aromatic heterocycles. The summed E-state index contributed by atoms with van der Waals surface area (Å²) in [6, 6.07) is 18.6. The zero-order valence-electron chi connectivity index (χ0n) is 44.5. The van der Waals surface area contributed by atoms with E-state index in [-0.39, 0.29) is 6.85 Å². The summed E-state index contributed by atoms with van der Waals surface area (Å²) in [4.78, 5) is 5.94. The van der Waals surface area contributed by atoms with Gasteiger partial charge < -0.3 is 4.48 Å². The van der Waals surface area contributed by atoms with E-state index in [1.807, 2.05) is 0 Å². The van der Waals surface area contributed by atoms with E-state index >= 15 is 0 Å². The Morgan fingerprint density at radius 2 is 1.04 bits per heavy atom. The number of aryl methyl sites for hydroxylation is 12. The van der Waals surface area contributed by atoms with Crippen LogP contribution in [-0.4, -0.2) is 17.0 Å². The summed E-state index contributed by atoms with van der Waals surface area (Å²) in [7, 11) is 0. The number of aromatic nitrogens is 1. The van der Waals surface area contributed by atoms with Crippen LogP contribution in [0.1, 0.15) is 153 Å². The first-order valence-corrected chi connectivity index (χ1v) is 24.5. The number of benzene rings is 4. The van der Waals surface area contributed by atoms with E-state index in [1.165, 1.54) is 145 Å². The summed E-state index contributed by atoms with van der Waals surface area (Å²) < 4.78 is 2.63. The monoisotopic (exact) mass is 883 g/mol. The Labute approximate surface area is 405 Å². The third-order valence-corrected chi connectivity index (χ3v) is 14.7. The van der Waals surface area contributed by atoms with Crippen LogP contribution in [0.3, 0.4) is 0 Å². The first-order chi connectivity index (χ1) is 31.5. The van der Waals surface area contributed by atoms with Crippen molar-refractivity contribution in [1.29, 1.82) is 0 Å². The number of aliphatic imine (C=N–C) groups is 1. The van der Waals surface area contributed by atoms with Gasteiger partial charge in [-0.2, -0.15) is 0 Å². The molecule has 3 heteroatoms. The molecule has 1 aliphatic heterocycles. The number of hydrogen-bond acceptors (Lipinski definition) is 1. The molecule has 2 heterocycles. The Kier molecular flexibility index (Phi) is 13.9. The minimum Gasteiger partial charge on any atom is -0.381 e. The second-order valence-electron chi connectivity index (χ2n) is 20.9. The maximum atomic E-state index is 5.94. The summed E-state index contributed by atoms with van der Waals surface area (Å²) in [6.45, 7) is 47.8. The van der Waals surface area contributed by atoms with E-state index in [0.29, 0.717) is 5.92 Å². The summed E-state index contributed by atoms with van der Waals surface area (Å²) in [5.41, 5.74) is 36.1. The van der Waals surface area contributed by atoms with Gasteiger partial charge in [-0.05, 0) is 224 Å². The Balaban J connectivity index is 1.72. The van der Waals surface area contributed by atoms with Gasteiger partial charge in [-0.15, -0.1) is 6.58 Å². The predicted octanol–water partition coefficient (Wildman–Crippen LogP) is 17.4. The highest BCUT2D eigenvalue weighted by Gasteiger charge is 2.35. The molecule has 0 spiro atoms. The highest BCUT2D eigenvalue weighted by molar-refractivity contribution is 6.64. The van der Waals surface area contributed by atoms with Crippen molar-refractivity contribution in [2.45, 2.75) is 138 Å². The van der Waals surface area contributed by atoms with E-state index in [4.69, 9.17) is 4.99 Å². The molecule has 5 aromatic rings. The van der Waals surface area contributed by atoms with Crippen molar-refractivity contribution in [3.63, 3.8) is 0 Å². The van der Waals surface area contributed by atoms with E-state index in [2.05, 4.69) is 221 Å². The minimum atomic E-state index is -0.0285. The van der Waals surface area contributed by atoms with Gasteiger partial charge in [0.15, 0.2) is 0 Å². The average Bonchev–Trinajstić information content (AvgIpc) is 3.66. The maximum absolute atomic E-state index is 5.94. The van der Waals surface area contributed by atoms with Crippen molar-refractivity contribution >= 4 is 47.5 Å². The molecule has 0 N–H and O–H groups in total. The fraction of sp³-hybridized carbons (Fsp3) is 0.328. The Morgan fingerprint density at radius 3 is 1.51 bits per heavy atom. The van der Waals surface area contributed by atoms with Crippen LogP contribution in [0.15, 0.2) is 100 Å². The Bertz CT molecular complexity index is 3040. The van der Waals surface area contributed by atoms with E-state index in [9.17, 15) is 0 Å². The molecule has 4 aromatic carbocycles.